The Morgan fingerprint density at radius 1 is 0.538 bits per heavy atom. The molecule has 0 aliphatic rings. The molecule has 0 amide bonds. The second kappa shape index (κ2) is 10.3. The van der Waals surface area contributed by atoms with Crippen LogP contribution < -0.4 is 10.4 Å². The minimum Gasteiger partial charge on any atom is -0.0677 e. The summed E-state index contributed by atoms with van der Waals surface area (Å²) in [6.45, 7) is 11.6. The minimum atomic E-state index is -0.148. The van der Waals surface area contributed by atoms with Gasteiger partial charge >= 0.3 is 0 Å². The largest absolute Gasteiger partial charge is 0.0677 e. The highest BCUT2D eigenvalue weighted by Gasteiger charge is 2.11. The summed E-state index contributed by atoms with van der Waals surface area (Å²) in [6, 6.07) is 25.7. The lowest BCUT2D eigenvalue weighted by molar-refractivity contribution is 1.30. The first-order chi connectivity index (χ1) is 12.5. The van der Waals surface area contributed by atoms with Gasteiger partial charge in [-0.3, -0.25) is 0 Å². The average molecular weight is 377 g/mol. The molecule has 3 aromatic carbocycles. The van der Waals surface area contributed by atoms with Crippen molar-refractivity contribution in [2.75, 3.05) is 0 Å². The van der Waals surface area contributed by atoms with Crippen molar-refractivity contribution in [2.24, 2.45) is 0 Å². The van der Waals surface area contributed by atoms with Crippen LogP contribution in [-0.2, 0) is 0 Å². The van der Waals surface area contributed by atoms with E-state index < -0.39 is 0 Å². The molecule has 0 spiro atoms. The fourth-order valence-electron chi connectivity index (χ4n) is 3.27. The first-order valence-electron chi connectivity index (χ1n) is 9.59. The van der Waals surface area contributed by atoms with Crippen molar-refractivity contribution in [3.8, 4) is 0 Å². The van der Waals surface area contributed by atoms with Gasteiger partial charge in [0.15, 0.2) is 0 Å². The zero-order chi connectivity index (χ0) is 18.9. The lowest BCUT2D eigenvalue weighted by Gasteiger charge is -2.15. The molecule has 0 nitrogen and oxygen atoms in total. The predicted octanol–water partition coefficient (Wildman–Crippen LogP) is 3.66. The van der Waals surface area contributed by atoms with E-state index in [1.54, 1.807) is 21.5 Å². The van der Waals surface area contributed by atoms with Crippen LogP contribution in [0, 0.1) is 27.7 Å². The molecule has 0 heterocycles. The van der Waals surface area contributed by atoms with Gasteiger partial charge in [0.1, 0.15) is 0 Å². The maximum Gasteiger partial charge on any atom is 0.0551 e. The normalized spacial score (nSPS) is 12.3. The first-order valence-corrected chi connectivity index (χ1v) is 12.6. The molecule has 0 unspecified atom stereocenters. The Balaban J connectivity index is 0.000000342. The minimum absolute atomic E-state index is 0.148. The molecular formula is C24H32Si2. The van der Waals surface area contributed by atoms with Gasteiger partial charge in [0.25, 0.3) is 0 Å². The number of aryl methyl sites for hydroxylation is 2. The van der Waals surface area contributed by atoms with E-state index in [0.717, 1.165) is 5.16 Å². The van der Waals surface area contributed by atoms with Crippen molar-refractivity contribution in [3.05, 3.63) is 95.1 Å². The monoisotopic (exact) mass is 376 g/mol. The van der Waals surface area contributed by atoms with Crippen LogP contribution in [0.3, 0.4) is 0 Å². The second-order valence-corrected chi connectivity index (χ2v) is 13.7. The van der Waals surface area contributed by atoms with E-state index >= 15 is 0 Å². The van der Waals surface area contributed by atoms with Gasteiger partial charge in [-0.1, -0.05) is 95.3 Å². The Labute approximate surface area is 164 Å². The molecule has 3 aromatic rings. The third kappa shape index (κ3) is 6.12. The predicted molar refractivity (Wildman–Crippen MR) is 124 cm³/mol. The Morgan fingerprint density at radius 3 is 1.23 bits per heavy atom. The van der Waals surface area contributed by atoms with Crippen LogP contribution in [0.5, 0.6) is 0 Å². The van der Waals surface area contributed by atoms with Crippen molar-refractivity contribution < 1.29 is 0 Å². The molecule has 136 valence electrons. The van der Waals surface area contributed by atoms with E-state index in [4.69, 9.17) is 0 Å². The van der Waals surface area contributed by atoms with E-state index in [1.807, 2.05) is 36.4 Å². The molecule has 0 saturated carbocycles. The smallest absolute Gasteiger partial charge is 0.0551 e. The van der Waals surface area contributed by atoms with E-state index in [0.29, 0.717) is 0 Å². The van der Waals surface area contributed by atoms with E-state index in [1.165, 1.54) is 11.1 Å². The van der Waals surface area contributed by atoms with Crippen LogP contribution in [0.2, 0.25) is 5.16 Å². The summed E-state index contributed by atoms with van der Waals surface area (Å²) in [5.41, 5.74) is 5.99. The molecule has 0 aromatic heterocycles. The highest BCUT2D eigenvalue weighted by molar-refractivity contribution is 6.73. The van der Waals surface area contributed by atoms with Gasteiger partial charge in [0.2, 0.25) is 0 Å². The summed E-state index contributed by atoms with van der Waals surface area (Å²) in [7, 11) is -0.295. The fraction of sp³-hybridized carbons (Fsp3) is 0.250. The highest BCUT2D eigenvalue weighted by Crippen LogP contribution is 2.08. The van der Waals surface area contributed by atoms with Crippen molar-refractivity contribution in [2.45, 2.75) is 39.8 Å². The second-order valence-electron chi connectivity index (χ2n) is 7.39. The van der Waals surface area contributed by atoms with Gasteiger partial charge in [-0.25, -0.2) is 0 Å². The van der Waals surface area contributed by atoms with E-state index in [-0.39, 0.29) is 19.0 Å². The first kappa shape index (κ1) is 20.4. The number of rotatable bonds is 4. The summed E-state index contributed by atoms with van der Waals surface area (Å²) in [4.78, 5) is 0. The maximum atomic E-state index is 2.49. The third-order valence-electron chi connectivity index (χ3n) is 5.24. The van der Waals surface area contributed by atoms with Crippen molar-refractivity contribution in [1.29, 1.82) is 0 Å². The number of hydrogen-bond donors (Lipinski definition) is 0. The number of benzene rings is 3. The van der Waals surface area contributed by atoms with Gasteiger partial charge in [-0.2, -0.15) is 0 Å². The molecule has 0 aliphatic carbocycles. The third-order valence-corrected chi connectivity index (χ3v) is 10.8. The molecule has 3 rings (SSSR count). The van der Waals surface area contributed by atoms with Crippen molar-refractivity contribution in [1.82, 2.24) is 0 Å². The molecule has 0 radical (unpaired) electrons. The van der Waals surface area contributed by atoms with E-state index in [9.17, 15) is 0 Å². The summed E-state index contributed by atoms with van der Waals surface area (Å²) in [6.07, 6.45) is 0. The topological polar surface area (TPSA) is 0 Å². The summed E-state index contributed by atoms with van der Waals surface area (Å²) >= 11 is 0. The van der Waals surface area contributed by atoms with Crippen LogP contribution in [-0.4, -0.2) is 19.0 Å². The standard InChI is InChI=1S/C18H26Si2.C6H6/c1-12-8-6-10-17(14(12)3)19-16(5)20-18-11-7-9-13(2)15(18)4;1-2-4-6-5-3-1/h6-11,16H,19-20H2,1-5H3;1-6H. The summed E-state index contributed by atoms with van der Waals surface area (Å²) in [5.74, 6) is 0. The lowest BCUT2D eigenvalue weighted by atomic mass is 10.1. The zero-order valence-corrected chi connectivity index (χ0v) is 19.7. The average Bonchev–Trinajstić information content (AvgIpc) is 2.65. The molecular weight excluding hydrogens is 344 g/mol. The molecule has 0 bridgehead atoms. The molecule has 0 N–H and O–H groups in total. The Bertz CT molecular complexity index is 729. The molecule has 2 heteroatoms. The quantitative estimate of drug-likeness (QED) is 0.610. The van der Waals surface area contributed by atoms with Gasteiger partial charge in [-0.05, 0) is 49.9 Å². The highest BCUT2D eigenvalue weighted by atomic mass is 28.3. The van der Waals surface area contributed by atoms with Crippen LogP contribution in [0.1, 0.15) is 29.2 Å². The maximum absolute atomic E-state index is 2.49. The molecule has 0 atom stereocenters. The van der Waals surface area contributed by atoms with Crippen LogP contribution in [0.25, 0.3) is 0 Å². The molecule has 26 heavy (non-hydrogen) atoms. The van der Waals surface area contributed by atoms with Crippen molar-refractivity contribution >= 4 is 29.4 Å². The lowest BCUT2D eigenvalue weighted by Crippen LogP contribution is -2.30. The Hall–Kier alpha value is -1.91. The molecule has 0 saturated heterocycles. The van der Waals surface area contributed by atoms with Crippen LogP contribution in [0.4, 0.5) is 0 Å². The summed E-state index contributed by atoms with van der Waals surface area (Å²) in [5, 5.41) is 4.31. The van der Waals surface area contributed by atoms with Crippen molar-refractivity contribution in [3.63, 3.8) is 0 Å². The summed E-state index contributed by atoms with van der Waals surface area (Å²) < 4.78 is 0. The fourth-order valence-corrected chi connectivity index (χ4v) is 8.93. The van der Waals surface area contributed by atoms with E-state index in [2.05, 4.69) is 71.0 Å². The molecule has 0 aliphatic heterocycles. The molecule has 0 fully saturated rings. The van der Waals surface area contributed by atoms with Gasteiger partial charge in [0.05, 0.1) is 19.0 Å². The number of hydrogen-bond acceptors (Lipinski definition) is 0. The SMILES string of the molecule is Cc1cccc([SiH2]C(C)[SiH2]c2cccc(C)c2C)c1C.c1ccccc1. The van der Waals surface area contributed by atoms with Gasteiger partial charge in [0, 0.05) is 0 Å². The van der Waals surface area contributed by atoms with Gasteiger partial charge < -0.3 is 0 Å². The Kier molecular flexibility index (Phi) is 8.08. The van der Waals surface area contributed by atoms with Crippen LogP contribution in [0.15, 0.2) is 72.8 Å². The Morgan fingerprint density at radius 2 is 0.885 bits per heavy atom. The van der Waals surface area contributed by atoms with Crippen LogP contribution >= 0.6 is 0 Å². The van der Waals surface area contributed by atoms with Gasteiger partial charge in [-0.15, -0.1) is 0 Å². The zero-order valence-electron chi connectivity index (χ0n) is 16.9.